The second-order valence-electron chi connectivity index (χ2n) is 4.81. The van der Waals surface area contributed by atoms with Gasteiger partial charge in [-0.25, -0.2) is 8.78 Å². The van der Waals surface area contributed by atoms with Gasteiger partial charge in [0, 0.05) is 11.6 Å². The molecule has 1 aliphatic rings. The summed E-state index contributed by atoms with van der Waals surface area (Å²) in [7, 11) is 0. The van der Waals surface area contributed by atoms with E-state index >= 15 is 0 Å². The minimum absolute atomic E-state index is 0.0757. The summed E-state index contributed by atoms with van der Waals surface area (Å²) in [5.41, 5.74) is 0.548. The van der Waals surface area contributed by atoms with Gasteiger partial charge in [0.25, 0.3) is 0 Å². The van der Waals surface area contributed by atoms with Crippen LogP contribution < -0.4 is 5.32 Å². The third kappa shape index (κ3) is 2.09. The Balaban J connectivity index is 2.34. The Labute approximate surface area is 94.9 Å². The highest BCUT2D eigenvalue weighted by atomic mass is 19.1. The van der Waals surface area contributed by atoms with Crippen molar-refractivity contribution in [3.05, 3.63) is 35.4 Å². The van der Waals surface area contributed by atoms with Crippen molar-refractivity contribution in [3.63, 3.8) is 0 Å². The van der Waals surface area contributed by atoms with Crippen LogP contribution in [-0.2, 0) is 0 Å². The first kappa shape index (κ1) is 11.5. The van der Waals surface area contributed by atoms with Gasteiger partial charge in [0.2, 0.25) is 0 Å². The van der Waals surface area contributed by atoms with Crippen LogP contribution in [0.2, 0.25) is 0 Å². The van der Waals surface area contributed by atoms with Gasteiger partial charge in [0.1, 0.15) is 11.6 Å². The quantitative estimate of drug-likeness (QED) is 0.828. The average molecular weight is 225 g/mol. The van der Waals surface area contributed by atoms with Gasteiger partial charge in [-0.3, -0.25) is 0 Å². The zero-order chi connectivity index (χ0) is 11.8. The number of nitrogens with one attached hydrogen (secondary N) is 1. The molecule has 0 bridgehead atoms. The lowest BCUT2D eigenvalue weighted by molar-refractivity contribution is 0.360. The van der Waals surface area contributed by atoms with Crippen LogP contribution in [-0.4, -0.2) is 6.54 Å². The molecule has 0 aliphatic heterocycles. The summed E-state index contributed by atoms with van der Waals surface area (Å²) in [6.07, 6.45) is 2.14. The van der Waals surface area contributed by atoms with Gasteiger partial charge in [0.05, 0.1) is 0 Å². The van der Waals surface area contributed by atoms with E-state index in [1.807, 2.05) is 6.92 Å². The summed E-state index contributed by atoms with van der Waals surface area (Å²) in [5, 5.41) is 3.26. The molecule has 0 amide bonds. The lowest BCUT2D eigenvalue weighted by Crippen LogP contribution is -2.28. The van der Waals surface area contributed by atoms with E-state index in [2.05, 4.69) is 12.2 Å². The minimum Gasteiger partial charge on any atom is -0.310 e. The zero-order valence-corrected chi connectivity index (χ0v) is 9.69. The first-order valence-corrected chi connectivity index (χ1v) is 5.75. The zero-order valence-electron chi connectivity index (χ0n) is 9.69. The highest BCUT2D eigenvalue weighted by molar-refractivity contribution is 5.26. The van der Waals surface area contributed by atoms with Crippen molar-refractivity contribution in [2.24, 2.45) is 5.41 Å². The summed E-state index contributed by atoms with van der Waals surface area (Å²) in [6.45, 7) is 4.86. The Morgan fingerprint density at radius 1 is 1.38 bits per heavy atom. The molecule has 1 nitrogen and oxygen atoms in total. The van der Waals surface area contributed by atoms with E-state index in [-0.39, 0.29) is 23.1 Å². The van der Waals surface area contributed by atoms with Crippen LogP contribution in [0.1, 0.15) is 38.3 Å². The molecule has 16 heavy (non-hydrogen) atoms. The van der Waals surface area contributed by atoms with Crippen LogP contribution >= 0.6 is 0 Å². The van der Waals surface area contributed by atoms with Crippen molar-refractivity contribution in [1.29, 1.82) is 0 Å². The van der Waals surface area contributed by atoms with Gasteiger partial charge in [-0.15, -0.1) is 0 Å². The van der Waals surface area contributed by atoms with Crippen molar-refractivity contribution >= 4 is 0 Å². The van der Waals surface area contributed by atoms with Crippen LogP contribution in [0.3, 0.4) is 0 Å². The fourth-order valence-corrected chi connectivity index (χ4v) is 2.16. The second kappa shape index (κ2) is 4.13. The van der Waals surface area contributed by atoms with Gasteiger partial charge >= 0.3 is 0 Å². The van der Waals surface area contributed by atoms with Gasteiger partial charge in [-0.1, -0.05) is 13.8 Å². The van der Waals surface area contributed by atoms with E-state index in [9.17, 15) is 8.78 Å². The van der Waals surface area contributed by atoms with Gasteiger partial charge < -0.3 is 5.32 Å². The molecule has 0 radical (unpaired) electrons. The fourth-order valence-electron chi connectivity index (χ4n) is 2.16. The molecule has 1 unspecified atom stereocenters. The predicted molar refractivity (Wildman–Crippen MR) is 60.1 cm³/mol. The normalized spacial score (nSPS) is 19.5. The van der Waals surface area contributed by atoms with Crippen LogP contribution in [0, 0.1) is 17.0 Å². The molecule has 3 heteroatoms. The maximum atomic E-state index is 13.7. The number of hydrogen-bond donors (Lipinski definition) is 1. The fraction of sp³-hybridized carbons (Fsp3) is 0.538. The third-order valence-electron chi connectivity index (χ3n) is 3.41. The Morgan fingerprint density at radius 2 is 2.06 bits per heavy atom. The lowest BCUT2D eigenvalue weighted by Gasteiger charge is -2.25. The van der Waals surface area contributed by atoms with E-state index in [0.29, 0.717) is 5.56 Å². The van der Waals surface area contributed by atoms with E-state index in [0.717, 1.165) is 25.5 Å². The molecule has 0 spiro atoms. The summed E-state index contributed by atoms with van der Waals surface area (Å²) in [6, 6.07) is 3.61. The molecule has 1 atom stereocenters. The monoisotopic (exact) mass is 225 g/mol. The molecule has 1 N–H and O–H groups in total. The maximum Gasteiger partial charge on any atom is 0.128 e. The Kier molecular flexibility index (Phi) is 2.98. The van der Waals surface area contributed by atoms with Gasteiger partial charge in [0.15, 0.2) is 0 Å². The van der Waals surface area contributed by atoms with Crippen LogP contribution in [0.25, 0.3) is 0 Å². The topological polar surface area (TPSA) is 12.0 Å². The van der Waals surface area contributed by atoms with Crippen molar-refractivity contribution < 1.29 is 8.78 Å². The molecule has 1 fully saturated rings. The number of benzene rings is 1. The largest absolute Gasteiger partial charge is 0.310 e. The van der Waals surface area contributed by atoms with Crippen LogP contribution in [0.15, 0.2) is 18.2 Å². The Morgan fingerprint density at radius 3 is 2.62 bits per heavy atom. The Hall–Kier alpha value is -0.960. The van der Waals surface area contributed by atoms with E-state index in [4.69, 9.17) is 0 Å². The average Bonchev–Trinajstić information content (AvgIpc) is 2.98. The highest BCUT2D eigenvalue weighted by Gasteiger charge is 2.46. The SMILES string of the molecule is CCNC(c1cc(F)ccc1F)C1(C)CC1. The standard InChI is InChI=1S/C13H17F2N/c1-3-16-12(13(2)6-7-13)10-8-9(14)4-5-11(10)15/h4-5,8,12,16H,3,6-7H2,1-2H3. The number of rotatable bonds is 4. The first-order valence-electron chi connectivity index (χ1n) is 5.75. The predicted octanol–water partition coefficient (Wildman–Crippen LogP) is 3.42. The molecule has 1 saturated carbocycles. The molecular weight excluding hydrogens is 208 g/mol. The first-order chi connectivity index (χ1) is 7.57. The summed E-state index contributed by atoms with van der Waals surface area (Å²) in [5.74, 6) is -0.691. The summed E-state index contributed by atoms with van der Waals surface area (Å²) in [4.78, 5) is 0. The van der Waals surface area contributed by atoms with E-state index in [1.54, 1.807) is 0 Å². The summed E-state index contributed by atoms with van der Waals surface area (Å²) < 4.78 is 26.9. The van der Waals surface area contributed by atoms with E-state index in [1.165, 1.54) is 12.1 Å². The van der Waals surface area contributed by atoms with Crippen LogP contribution in [0.5, 0.6) is 0 Å². The van der Waals surface area contributed by atoms with Crippen molar-refractivity contribution in [2.75, 3.05) is 6.54 Å². The second-order valence-corrected chi connectivity index (χ2v) is 4.81. The number of halogens is 2. The highest BCUT2D eigenvalue weighted by Crippen LogP contribution is 2.54. The minimum atomic E-state index is -0.372. The molecule has 88 valence electrons. The Bertz CT molecular complexity index is 386. The molecule has 1 aliphatic carbocycles. The molecule has 1 aromatic rings. The molecular formula is C13H17F2N. The molecule has 0 saturated heterocycles. The van der Waals surface area contributed by atoms with Crippen molar-refractivity contribution in [2.45, 2.75) is 32.7 Å². The molecule has 0 heterocycles. The van der Waals surface area contributed by atoms with Crippen LogP contribution in [0.4, 0.5) is 8.78 Å². The number of hydrogen-bond acceptors (Lipinski definition) is 1. The van der Waals surface area contributed by atoms with Crippen molar-refractivity contribution in [1.82, 2.24) is 5.32 Å². The maximum absolute atomic E-state index is 13.7. The molecule has 0 aromatic heterocycles. The molecule has 2 rings (SSSR count). The summed E-state index contributed by atoms with van der Waals surface area (Å²) >= 11 is 0. The van der Waals surface area contributed by atoms with E-state index < -0.39 is 0 Å². The smallest absolute Gasteiger partial charge is 0.128 e. The lowest BCUT2D eigenvalue weighted by atomic mass is 9.91. The van der Waals surface area contributed by atoms with Gasteiger partial charge in [-0.05, 0) is 43.0 Å². The van der Waals surface area contributed by atoms with Gasteiger partial charge in [-0.2, -0.15) is 0 Å². The molecule has 1 aromatic carbocycles. The third-order valence-corrected chi connectivity index (χ3v) is 3.41. The van der Waals surface area contributed by atoms with Crippen molar-refractivity contribution in [3.8, 4) is 0 Å².